The van der Waals surface area contributed by atoms with E-state index in [0.717, 1.165) is 18.4 Å². The van der Waals surface area contributed by atoms with Crippen LogP contribution in [-0.2, 0) is 14.4 Å². The number of hydrogen-bond acceptors (Lipinski definition) is 4. The lowest BCUT2D eigenvalue weighted by Gasteiger charge is -2.07. The zero-order valence-corrected chi connectivity index (χ0v) is 12.8. The second kappa shape index (κ2) is 7.98. The maximum atomic E-state index is 11.7. The summed E-state index contributed by atoms with van der Waals surface area (Å²) in [5, 5.41) is 2.52. The summed E-state index contributed by atoms with van der Waals surface area (Å²) in [5.74, 6) is -1.54. The Labute approximate surface area is 134 Å². The molecule has 1 aromatic carbocycles. The lowest BCUT2D eigenvalue weighted by atomic mass is 10.2. The number of benzene rings is 1. The number of ether oxygens (including phenoxy) is 1. The summed E-state index contributed by atoms with van der Waals surface area (Å²) in [6.45, 7) is 2.39. The number of rotatable bonds is 5. The van der Waals surface area contributed by atoms with Crippen molar-refractivity contribution in [2.75, 3.05) is 6.61 Å². The van der Waals surface area contributed by atoms with E-state index in [-0.39, 0.29) is 6.04 Å². The van der Waals surface area contributed by atoms with Crippen LogP contribution in [0.25, 0.3) is 6.08 Å². The summed E-state index contributed by atoms with van der Waals surface area (Å²) >= 11 is 0. The molecule has 23 heavy (non-hydrogen) atoms. The average molecular weight is 317 g/mol. The molecule has 3 N–H and O–H groups in total. The van der Waals surface area contributed by atoms with Gasteiger partial charge >= 0.3 is 11.8 Å². The van der Waals surface area contributed by atoms with Gasteiger partial charge in [-0.15, -0.1) is 0 Å². The molecular formula is C16H19N3O4. The van der Waals surface area contributed by atoms with Gasteiger partial charge in [0.1, 0.15) is 5.75 Å². The van der Waals surface area contributed by atoms with E-state index in [1.807, 2.05) is 19.1 Å². The van der Waals surface area contributed by atoms with E-state index < -0.39 is 17.7 Å². The molecule has 0 aromatic heterocycles. The van der Waals surface area contributed by atoms with Gasteiger partial charge < -0.3 is 10.1 Å². The first-order valence-electron chi connectivity index (χ1n) is 7.41. The molecule has 0 atom stereocenters. The second-order valence-electron chi connectivity index (χ2n) is 5.00. The number of hydrazine groups is 1. The Morgan fingerprint density at radius 2 is 1.91 bits per heavy atom. The van der Waals surface area contributed by atoms with E-state index in [4.69, 9.17) is 4.74 Å². The van der Waals surface area contributed by atoms with Crippen LogP contribution in [-0.4, -0.2) is 30.4 Å². The molecule has 0 saturated heterocycles. The monoisotopic (exact) mass is 317 g/mol. The summed E-state index contributed by atoms with van der Waals surface area (Å²) in [5.41, 5.74) is 4.95. The minimum Gasteiger partial charge on any atom is -0.493 e. The Bertz CT molecular complexity index is 624. The molecule has 3 amide bonds. The normalized spacial score (nSPS) is 13.4. The van der Waals surface area contributed by atoms with Crippen molar-refractivity contribution in [2.45, 2.75) is 25.8 Å². The number of nitrogens with one attached hydrogen (secondary N) is 3. The first-order chi connectivity index (χ1) is 11.1. The predicted octanol–water partition coefficient (Wildman–Crippen LogP) is 0.524. The predicted molar refractivity (Wildman–Crippen MR) is 84.1 cm³/mol. The van der Waals surface area contributed by atoms with E-state index in [2.05, 4.69) is 16.2 Å². The summed E-state index contributed by atoms with van der Waals surface area (Å²) in [6, 6.07) is 7.34. The first-order valence-corrected chi connectivity index (χ1v) is 7.41. The molecule has 7 nitrogen and oxygen atoms in total. The number of hydrogen-bond donors (Lipinski definition) is 3. The van der Waals surface area contributed by atoms with Gasteiger partial charge in [0, 0.05) is 17.7 Å². The van der Waals surface area contributed by atoms with Gasteiger partial charge in [-0.1, -0.05) is 18.2 Å². The first kappa shape index (κ1) is 16.5. The smallest absolute Gasteiger partial charge is 0.327 e. The van der Waals surface area contributed by atoms with Crippen molar-refractivity contribution in [3.05, 3.63) is 35.9 Å². The third-order valence-electron chi connectivity index (χ3n) is 3.05. The van der Waals surface area contributed by atoms with Crippen molar-refractivity contribution in [3.63, 3.8) is 0 Å². The fraction of sp³-hybridized carbons (Fsp3) is 0.312. The van der Waals surface area contributed by atoms with Crippen LogP contribution in [0.4, 0.5) is 0 Å². The molecule has 7 heteroatoms. The van der Waals surface area contributed by atoms with E-state index in [1.54, 1.807) is 18.2 Å². The molecule has 0 aliphatic heterocycles. The molecule has 1 aliphatic carbocycles. The molecule has 1 saturated carbocycles. The quantitative estimate of drug-likeness (QED) is 0.419. The van der Waals surface area contributed by atoms with Crippen LogP contribution in [0.5, 0.6) is 5.75 Å². The number of para-hydroxylation sites is 1. The maximum Gasteiger partial charge on any atom is 0.327 e. The third-order valence-corrected chi connectivity index (χ3v) is 3.05. The summed E-state index contributed by atoms with van der Waals surface area (Å²) in [4.78, 5) is 34.5. The van der Waals surface area contributed by atoms with Gasteiger partial charge in [-0.2, -0.15) is 0 Å². The lowest BCUT2D eigenvalue weighted by Crippen LogP contribution is -2.48. The highest BCUT2D eigenvalue weighted by Crippen LogP contribution is 2.19. The molecule has 0 bridgehead atoms. The summed E-state index contributed by atoms with van der Waals surface area (Å²) in [7, 11) is 0. The highest BCUT2D eigenvalue weighted by atomic mass is 16.5. The Morgan fingerprint density at radius 3 is 2.61 bits per heavy atom. The van der Waals surface area contributed by atoms with Crippen LogP contribution in [0.15, 0.2) is 30.3 Å². The van der Waals surface area contributed by atoms with Gasteiger partial charge in [0.25, 0.3) is 5.91 Å². The van der Waals surface area contributed by atoms with E-state index in [9.17, 15) is 14.4 Å². The second-order valence-corrected chi connectivity index (χ2v) is 5.00. The van der Waals surface area contributed by atoms with Gasteiger partial charge in [0.05, 0.1) is 6.61 Å². The molecule has 122 valence electrons. The Morgan fingerprint density at radius 1 is 1.17 bits per heavy atom. The van der Waals surface area contributed by atoms with Gasteiger partial charge in [-0.25, -0.2) is 0 Å². The number of carbonyl (C=O) groups excluding carboxylic acids is 3. The molecule has 0 spiro atoms. The van der Waals surface area contributed by atoms with Crippen molar-refractivity contribution >= 4 is 23.8 Å². The lowest BCUT2D eigenvalue weighted by molar-refractivity contribution is -0.140. The zero-order valence-electron chi connectivity index (χ0n) is 12.8. The highest BCUT2D eigenvalue weighted by Gasteiger charge is 2.26. The van der Waals surface area contributed by atoms with Gasteiger partial charge in [-0.3, -0.25) is 25.2 Å². The van der Waals surface area contributed by atoms with Gasteiger partial charge in [0.2, 0.25) is 0 Å². The van der Waals surface area contributed by atoms with Crippen molar-refractivity contribution in [1.82, 2.24) is 16.2 Å². The molecule has 0 heterocycles. The third kappa shape index (κ3) is 5.46. The zero-order chi connectivity index (χ0) is 16.7. The molecule has 2 rings (SSSR count). The fourth-order valence-corrected chi connectivity index (χ4v) is 1.77. The van der Waals surface area contributed by atoms with Crippen LogP contribution in [0.1, 0.15) is 25.3 Å². The molecule has 1 aliphatic rings. The van der Waals surface area contributed by atoms with Gasteiger partial charge in [-0.05, 0) is 31.9 Å². The SMILES string of the molecule is CCOc1ccccc1/C=C/C(=O)NNC(=O)C(=O)NC1CC1. The Balaban J connectivity index is 1.82. The summed E-state index contributed by atoms with van der Waals surface area (Å²) < 4.78 is 5.44. The van der Waals surface area contributed by atoms with Crippen molar-refractivity contribution in [3.8, 4) is 5.75 Å². The number of carbonyl (C=O) groups is 3. The largest absolute Gasteiger partial charge is 0.493 e. The van der Waals surface area contributed by atoms with Crippen LogP contribution >= 0.6 is 0 Å². The highest BCUT2D eigenvalue weighted by molar-refractivity contribution is 6.35. The standard InChI is InChI=1S/C16H19N3O4/c1-2-23-13-6-4-3-5-11(13)7-10-14(20)18-19-16(22)15(21)17-12-8-9-12/h3-7,10,12H,2,8-9H2,1H3,(H,17,21)(H,18,20)(H,19,22)/b10-7+. The average Bonchev–Trinajstić information content (AvgIpc) is 3.36. The molecule has 0 radical (unpaired) electrons. The Kier molecular flexibility index (Phi) is 5.74. The van der Waals surface area contributed by atoms with Crippen molar-refractivity contribution in [2.24, 2.45) is 0 Å². The minimum atomic E-state index is -0.895. The van der Waals surface area contributed by atoms with E-state index in [1.165, 1.54) is 6.08 Å². The van der Waals surface area contributed by atoms with Crippen LogP contribution in [0.2, 0.25) is 0 Å². The van der Waals surface area contributed by atoms with E-state index in [0.29, 0.717) is 12.4 Å². The minimum absolute atomic E-state index is 0.0823. The topological polar surface area (TPSA) is 96.5 Å². The molecular weight excluding hydrogens is 298 g/mol. The van der Waals surface area contributed by atoms with Crippen molar-refractivity contribution in [1.29, 1.82) is 0 Å². The van der Waals surface area contributed by atoms with Crippen LogP contribution < -0.4 is 20.9 Å². The molecule has 0 unspecified atom stereocenters. The van der Waals surface area contributed by atoms with Gasteiger partial charge in [0.15, 0.2) is 0 Å². The molecule has 1 aromatic rings. The maximum absolute atomic E-state index is 11.7. The summed E-state index contributed by atoms with van der Waals surface area (Å²) in [6.07, 6.45) is 4.58. The van der Waals surface area contributed by atoms with Crippen LogP contribution in [0.3, 0.4) is 0 Å². The number of amides is 3. The van der Waals surface area contributed by atoms with Crippen molar-refractivity contribution < 1.29 is 19.1 Å². The Hall–Kier alpha value is -2.83. The van der Waals surface area contributed by atoms with E-state index >= 15 is 0 Å². The fourth-order valence-electron chi connectivity index (χ4n) is 1.77. The van der Waals surface area contributed by atoms with Crippen LogP contribution in [0, 0.1) is 0 Å². The molecule has 1 fully saturated rings.